The lowest BCUT2D eigenvalue weighted by molar-refractivity contribution is -0.127. The molecule has 0 aliphatic carbocycles. The number of amides is 1. The molecule has 1 fully saturated rings. The molecule has 0 saturated carbocycles. The van der Waals surface area contributed by atoms with Gasteiger partial charge < -0.3 is 10.2 Å². The van der Waals surface area contributed by atoms with Gasteiger partial charge in [0.25, 0.3) is 0 Å². The summed E-state index contributed by atoms with van der Waals surface area (Å²) in [4.78, 5) is 20.3. The number of rotatable bonds is 4. The highest BCUT2D eigenvalue weighted by Gasteiger charge is 2.23. The molecular weight excluding hydrogens is 272 g/mol. The van der Waals surface area contributed by atoms with Crippen molar-refractivity contribution >= 4 is 17.2 Å². The van der Waals surface area contributed by atoms with E-state index in [1.165, 1.54) is 0 Å². The Kier molecular flexibility index (Phi) is 5.12. The van der Waals surface area contributed by atoms with Gasteiger partial charge >= 0.3 is 0 Å². The summed E-state index contributed by atoms with van der Waals surface area (Å²) >= 11 is 1.58. The van der Waals surface area contributed by atoms with Crippen molar-refractivity contribution in [3.63, 3.8) is 0 Å². The summed E-state index contributed by atoms with van der Waals surface area (Å²) in [5, 5.41) is 6.47. The second-order valence-electron chi connectivity index (χ2n) is 5.79. The Balaban J connectivity index is 1.93. The van der Waals surface area contributed by atoms with Gasteiger partial charge in [-0.15, -0.1) is 11.3 Å². The number of piperazine rings is 1. The van der Waals surface area contributed by atoms with Gasteiger partial charge in [0.2, 0.25) is 5.91 Å². The Bertz CT molecular complexity index is 460. The predicted molar refractivity (Wildman–Crippen MR) is 81.8 cm³/mol. The molecule has 112 valence electrons. The molecular formula is C14H24N4OS. The zero-order valence-electron chi connectivity index (χ0n) is 12.7. The second kappa shape index (κ2) is 6.65. The minimum absolute atomic E-state index is 0.107. The molecule has 1 saturated heterocycles. The van der Waals surface area contributed by atoms with E-state index in [9.17, 15) is 4.79 Å². The zero-order valence-corrected chi connectivity index (χ0v) is 13.5. The third kappa shape index (κ3) is 4.01. The topological polar surface area (TPSA) is 48.5 Å². The molecule has 0 radical (unpaired) electrons. The van der Waals surface area contributed by atoms with E-state index in [1.807, 2.05) is 0 Å². The van der Waals surface area contributed by atoms with Crippen LogP contribution in [0.15, 0.2) is 5.38 Å². The van der Waals surface area contributed by atoms with Crippen molar-refractivity contribution in [2.24, 2.45) is 0 Å². The van der Waals surface area contributed by atoms with Crippen molar-refractivity contribution in [3.05, 3.63) is 16.1 Å². The number of hydrogen-bond donors (Lipinski definition) is 1. The van der Waals surface area contributed by atoms with Crippen molar-refractivity contribution in [2.75, 3.05) is 27.2 Å². The summed E-state index contributed by atoms with van der Waals surface area (Å²) < 4.78 is 0. The molecule has 0 spiro atoms. The van der Waals surface area contributed by atoms with Crippen LogP contribution in [0.1, 0.15) is 24.5 Å². The van der Waals surface area contributed by atoms with Crippen molar-refractivity contribution < 1.29 is 4.79 Å². The van der Waals surface area contributed by atoms with E-state index in [4.69, 9.17) is 0 Å². The van der Waals surface area contributed by atoms with Gasteiger partial charge in [-0.05, 0) is 13.8 Å². The van der Waals surface area contributed by atoms with Crippen LogP contribution in [0.2, 0.25) is 0 Å². The normalized spacial score (nSPS) is 23.8. The van der Waals surface area contributed by atoms with Crippen LogP contribution < -0.4 is 5.32 Å². The molecule has 2 atom stereocenters. The van der Waals surface area contributed by atoms with E-state index in [2.05, 4.69) is 34.4 Å². The van der Waals surface area contributed by atoms with E-state index in [0.29, 0.717) is 18.5 Å². The van der Waals surface area contributed by atoms with Gasteiger partial charge in [0.05, 0.1) is 12.1 Å². The molecule has 1 N–H and O–H groups in total. The van der Waals surface area contributed by atoms with Crippen LogP contribution in [-0.4, -0.2) is 60.0 Å². The molecule has 1 amide bonds. The summed E-state index contributed by atoms with van der Waals surface area (Å²) in [5.74, 6) is 0.107. The number of carbonyl (C=O) groups is 1. The van der Waals surface area contributed by atoms with Gasteiger partial charge in [-0.25, -0.2) is 4.98 Å². The summed E-state index contributed by atoms with van der Waals surface area (Å²) in [7, 11) is 3.56. The lowest BCUT2D eigenvalue weighted by Crippen LogP contribution is -2.53. The van der Waals surface area contributed by atoms with Crippen molar-refractivity contribution in [2.45, 2.75) is 38.9 Å². The van der Waals surface area contributed by atoms with Crippen LogP contribution >= 0.6 is 11.3 Å². The minimum Gasteiger partial charge on any atom is -0.348 e. The highest BCUT2D eigenvalue weighted by Crippen LogP contribution is 2.16. The average Bonchev–Trinajstić information content (AvgIpc) is 2.81. The lowest BCUT2D eigenvalue weighted by Gasteiger charge is -2.37. The van der Waals surface area contributed by atoms with Crippen molar-refractivity contribution in [1.82, 2.24) is 20.1 Å². The summed E-state index contributed by atoms with van der Waals surface area (Å²) in [5.41, 5.74) is 1.08. The number of nitrogens with zero attached hydrogens (tertiary/aromatic N) is 3. The fourth-order valence-electron chi connectivity index (χ4n) is 2.32. The molecule has 1 aliphatic rings. The fourth-order valence-corrected chi connectivity index (χ4v) is 3.09. The van der Waals surface area contributed by atoms with Gasteiger partial charge in [-0.3, -0.25) is 9.69 Å². The van der Waals surface area contributed by atoms with Crippen molar-refractivity contribution in [1.29, 1.82) is 0 Å². The average molecular weight is 296 g/mol. The fraction of sp³-hybridized carbons (Fsp3) is 0.714. The highest BCUT2D eigenvalue weighted by atomic mass is 32.1. The van der Waals surface area contributed by atoms with E-state index in [1.54, 1.807) is 30.3 Å². The van der Waals surface area contributed by atoms with E-state index < -0.39 is 0 Å². The quantitative estimate of drug-likeness (QED) is 0.899. The first-order valence-electron chi connectivity index (χ1n) is 7.06. The smallest absolute Gasteiger partial charge is 0.228 e. The Labute approximate surface area is 125 Å². The molecule has 2 unspecified atom stereocenters. The maximum atomic E-state index is 11.7. The maximum Gasteiger partial charge on any atom is 0.228 e. The van der Waals surface area contributed by atoms with E-state index >= 15 is 0 Å². The Hall–Kier alpha value is -0.980. The first-order chi connectivity index (χ1) is 9.45. The third-order valence-corrected chi connectivity index (χ3v) is 4.56. The molecule has 1 aliphatic heterocycles. The molecule has 6 heteroatoms. The predicted octanol–water partition coefficient (Wildman–Crippen LogP) is 0.956. The van der Waals surface area contributed by atoms with Crippen LogP contribution in [0.5, 0.6) is 0 Å². The summed E-state index contributed by atoms with van der Waals surface area (Å²) in [6.45, 7) is 7.39. The molecule has 0 bridgehead atoms. The number of aromatic nitrogens is 1. The van der Waals surface area contributed by atoms with Gasteiger partial charge in [-0.1, -0.05) is 0 Å². The van der Waals surface area contributed by atoms with Gasteiger partial charge in [0.1, 0.15) is 5.01 Å². The summed E-state index contributed by atoms with van der Waals surface area (Å²) in [6, 6.07) is 1.05. The zero-order chi connectivity index (χ0) is 14.7. The molecule has 0 aromatic carbocycles. The molecule has 2 rings (SSSR count). The standard InChI is InChI=1S/C14H24N4OS/c1-10-7-18(11(2)6-15-10)8-12-9-20-13(16-12)5-14(19)17(3)4/h9-11,15H,5-8H2,1-4H3. The Morgan fingerprint density at radius 1 is 1.55 bits per heavy atom. The van der Waals surface area contributed by atoms with Gasteiger partial charge in [0.15, 0.2) is 0 Å². The van der Waals surface area contributed by atoms with Gasteiger partial charge in [0, 0.05) is 51.2 Å². The van der Waals surface area contributed by atoms with E-state index in [0.717, 1.165) is 30.3 Å². The molecule has 1 aromatic heterocycles. The number of thiazole rings is 1. The van der Waals surface area contributed by atoms with Crippen LogP contribution in [0.4, 0.5) is 0 Å². The Morgan fingerprint density at radius 2 is 2.30 bits per heavy atom. The van der Waals surface area contributed by atoms with Crippen molar-refractivity contribution in [3.8, 4) is 0 Å². The molecule has 2 heterocycles. The lowest BCUT2D eigenvalue weighted by atomic mass is 10.1. The highest BCUT2D eigenvalue weighted by molar-refractivity contribution is 7.09. The number of carbonyl (C=O) groups excluding carboxylic acids is 1. The maximum absolute atomic E-state index is 11.7. The largest absolute Gasteiger partial charge is 0.348 e. The van der Waals surface area contributed by atoms with Gasteiger partial charge in [-0.2, -0.15) is 0 Å². The van der Waals surface area contributed by atoms with Crippen LogP contribution in [0.3, 0.4) is 0 Å². The minimum atomic E-state index is 0.107. The molecule has 1 aromatic rings. The number of likely N-dealkylation sites (N-methyl/N-ethyl adjacent to an activating group) is 1. The first kappa shape index (κ1) is 15.4. The Morgan fingerprint density at radius 3 is 3.00 bits per heavy atom. The monoisotopic (exact) mass is 296 g/mol. The SMILES string of the molecule is CC1CN(Cc2csc(CC(=O)N(C)C)n2)C(C)CN1. The van der Waals surface area contributed by atoms with Crippen LogP contribution in [-0.2, 0) is 17.8 Å². The number of hydrogen-bond acceptors (Lipinski definition) is 5. The van der Waals surface area contributed by atoms with Crippen LogP contribution in [0, 0.1) is 0 Å². The number of nitrogens with one attached hydrogen (secondary N) is 1. The first-order valence-corrected chi connectivity index (χ1v) is 7.94. The second-order valence-corrected chi connectivity index (χ2v) is 6.73. The molecule has 20 heavy (non-hydrogen) atoms. The molecule has 5 nitrogen and oxygen atoms in total. The van der Waals surface area contributed by atoms with E-state index in [-0.39, 0.29) is 5.91 Å². The third-order valence-electron chi connectivity index (χ3n) is 3.66. The summed E-state index contributed by atoms with van der Waals surface area (Å²) in [6.07, 6.45) is 0.408. The van der Waals surface area contributed by atoms with Crippen LogP contribution in [0.25, 0.3) is 0 Å².